The number of rotatable bonds is 4. The van der Waals surface area contributed by atoms with Crippen LogP contribution in [0.25, 0.3) is 0 Å². The van der Waals surface area contributed by atoms with Crippen LogP contribution >= 0.6 is 15.9 Å². The third-order valence-corrected chi connectivity index (χ3v) is 2.41. The molecule has 0 aliphatic carbocycles. The first kappa shape index (κ1) is 12.7. The van der Waals surface area contributed by atoms with Crippen molar-refractivity contribution in [3.8, 4) is 0 Å². The molecule has 1 unspecified atom stereocenters. The van der Waals surface area contributed by atoms with Gasteiger partial charge in [0.15, 0.2) is 0 Å². The molecule has 2 nitrogen and oxygen atoms in total. The molecular weight excluding hydrogens is 251 g/mol. The lowest BCUT2D eigenvalue weighted by atomic mass is 10.3. The largest absolute Gasteiger partial charge is 0.390 e. The summed E-state index contributed by atoms with van der Waals surface area (Å²) in [7, 11) is 0. The van der Waals surface area contributed by atoms with Crippen molar-refractivity contribution in [2.45, 2.75) is 30.8 Å². The third-order valence-electron chi connectivity index (χ3n) is 1.35. The second-order valence-corrected chi connectivity index (χ2v) is 3.64. The molecule has 0 rings (SSSR count). The highest BCUT2D eigenvalue weighted by Crippen LogP contribution is 2.18. The molecule has 78 valence electrons. The van der Waals surface area contributed by atoms with Crippen LogP contribution in [0.5, 0.6) is 0 Å². The summed E-state index contributed by atoms with van der Waals surface area (Å²) in [5.74, 6) is -0.397. The van der Waals surface area contributed by atoms with E-state index in [-0.39, 0.29) is 6.54 Å². The topological polar surface area (TPSA) is 29.1 Å². The van der Waals surface area contributed by atoms with Gasteiger partial charge in [0.05, 0.1) is 11.2 Å². The molecule has 0 fully saturated rings. The highest BCUT2D eigenvalue weighted by atomic mass is 79.9. The van der Waals surface area contributed by atoms with E-state index >= 15 is 0 Å². The summed E-state index contributed by atoms with van der Waals surface area (Å²) in [6, 6.07) is 0. The van der Waals surface area contributed by atoms with Gasteiger partial charge in [-0.3, -0.25) is 4.79 Å². The van der Waals surface area contributed by atoms with E-state index in [1.165, 1.54) is 0 Å². The SMILES string of the molecule is CCC(Br)C(=O)NCCC(F)(F)F. The first-order valence-electron chi connectivity index (χ1n) is 3.85. The second-order valence-electron chi connectivity index (χ2n) is 2.53. The van der Waals surface area contributed by atoms with Crippen LogP contribution in [0.2, 0.25) is 0 Å². The Hall–Kier alpha value is -0.260. The molecule has 0 radical (unpaired) electrons. The molecule has 0 heterocycles. The van der Waals surface area contributed by atoms with Gasteiger partial charge >= 0.3 is 6.18 Å². The average Bonchev–Trinajstić information content (AvgIpc) is 2.00. The number of carbonyl (C=O) groups is 1. The van der Waals surface area contributed by atoms with Gasteiger partial charge in [-0.1, -0.05) is 22.9 Å². The Morgan fingerprint density at radius 3 is 2.46 bits per heavy atom. The van der Waals surface area contributed by atoms with Gasteiger partial charge in [0, 0.05) is 6.54 Å². The van der Waals surface area contributed by atoms with Crippen LogP contribution in [0, 0.1) is 0 Å². The molecule has 1 atom stereocenters. The van der Waals surface area contributed by atoms with Crippen molar-refractivity contribution in [3.63, 3.8) is 0 Å². The maximum absolute atomic E-state index is 11.6. The van der Waals surface area contributed by atoms with E-state index < -0.39 is 23.3 Å². The van der Waals surface area contributed by atoms with Crippen molar-refractivity contribution >= 4 is 21.8 Å². The van der Waals surface area contributed by atoms with Crippen LogP contribution in [0.1, 0.15) is 19.8 Å². The summed E-state index contributed by atoms with van der Waals surface area (Å²) in [6.07, 6.45) is -4.64. The Bertz CT molecular complexity index is 172. The van der Waals surface area contributed by atoms with Crippen molar-refractivity contribution in [3.05, 3.63) is 0 Å². The number of carbonyl (C=O) groups excluding carboxylic acids is 1. The predicted octanol–water partition coefficient (Wildman–Crippen LogP) is 2.23. The van der Waals surface area contributed by atoms with E-state index in [0.29, 0.717) is 6.42 Å². The molecule has 1 N–H and O–H groups in total. The van der Waals surface area contributed by atoms with Gasteiger partial charge in [-0.15, -0.1) is 0 Å². The molecule has 1 amide bonds. The zero-order valence-electron chi connectivity index (χ0n) is 7.12. The average molecular weight is 262 g/mol. The van der Waals surface area contributed by atoms with Crippen molar-refractivity contribution in [2.24, 2.45) is 0 Å². The van der Waals surface area contributed by atoms with E-state index in [9.17, 15) is 18.0 Å². The Labute approximate surface area is 83.0 Å². The lowest BCUT2D eigenvalue weighted by Gasteiger charge is -2.09. The van der Waals surface area contributed by atoms with Crippen LogP contribution in [0.4, 0.5) is 13.2 Å². The van der Waals surface area contributed by atoms with Crippen molar-refractivity contribution in [2.75, 3.05) is 6.54 Å². The quantitative estimate of drug-likeness (QED) is 0.773. The fraction of sp³-hybridized carbons (Fsp3) is 0.857. The third kappa shape index (κ3) is 6.86. The van der Waals surface area contributed by atoms with Crippen LogP contribution in [-0.2, 0) is 4.79 Å². The van der Waals surface area contributed by atoms with Crippen molar-refractivity contribution in [1.29, 1.82) is 0 Å². The number of amides is 1. The second kappa shape index (κ2) is 5.47. The molecule has 0 aromatic carbocycles. The molecule has 0 saturated heterocycles. The smallest absolute Gasteiger partial charge is 0.355 e. The number of nitrogens with one attached hydrogen (secondary N) is 1. The fourth-order valence-corrected chi connectivity index (χ4v) is 0.785. The van der Waals surface area contributed by atoms with E-state index in [1.54, 1.807) is 6.92 Å². The summed E-state index contributed by atoms with van der Waals surface area (Å²) in [6.45, 7) is 1.41. The van der Waals surface area contributed by atoms with Gasteiger partial charge in [0.2, 0.25) is 5.91 Å². The first-order chi connectivity index (χ1) is 5.87. The van der Waals surface area contributed by atoms with Gasteiger partial charge in [0.1, 0.15) is 0 Å². The van der Waals surface area contributed by atoms with Gasteiger partial charge in [0.25, 0.3) is 0 Å². The van der Waals surface area contributed by atoms with E-state index in [1.807, 2.05) is 0 Å². The molecule has 0 saturated carbocycles. The van der Waals surface area contributed by atoms with Gasteiger partial charge in [-0.2, -0.15) is 13.2 Å². The lowest BCUT2D eigenvalue weighted by molar-refractivity contribution is -0.135. The Morgan fingerprint density at radius 1 is 1.54 bits per heavy atom. The molecule has 0 aromatic rings. The molecule has 0 aromatic heterocycles. The molecule has 6 heteroatoms. The molecule has 0 spiro atoms. The van der Waals surface area contributed by atoms with Crippen LogP contribution in [0.15, 0.2) is 0 Å². The first-order valence-corrected chi connectivity index (χ1v) is 4.77. The Balaban J connectivity index is 3.60. The summed E-state index contributed by atoms with van der Waals surface area (Å²) < 4.78 is 34.9. The summed E-state index contributed by atoms with van der Waals surface area (Å²) in [5, 5.41) is 2.18. The highest BCUT2D eigenvalue weighted by molar-refractivity contribution is 9.10. The zero-order chi connectivity index (χ0) is 10.5. The minimum Gasteiger partial charge on any atom is -0.355 e. The van der Waals surface area contributed by atoms with Gasteiger partial charge in [-0.25, -0.2) is 0 Å². The number of hydrogen-bond donors (Lipinski definition) is 1. The lowest BCUT2D eigenvalue weighted by Crippen LogP contribution is -2.33. The molecular formula is C7H11BrF3NO. The zero-order valence-corrected chi connectivity index (χ0v) is 8.70. The maximum atomic E-state index is 11.6. The summed E-state index contributed by atoms with van der Waals surface area (Å²) >= 11 is 3.03. The minimum absolute atomic E-state index is 0.357. The predicted molar refractivity (Wildman–Crippen MR) is 46.7 cm³/mol. The van der Waals surface area contributed by atoms with Crippen molar-refractivity contribution in [1.82, 2.24) is 5.32 Å². The Kier molecular flexibility index (Phi) is 5.36. The van der Waals surface area contributed by atoms with Crippen LogP contribution < -0.4 is 5.32 Å². The molecule has 13 heavy (non-hydrogen) atoms. The standard InChI is InChI=1S/C7H11BrF3NO/c1-2-5(8)6(13)12-4-3-7(9,10)11/h5H,2-4H2,1H3,(H,12,13). The van der Waals surface area contributed by atoms with Gasteiger partial charge in [-0.05, 0) is 6.42 Å². The number of hydrogen-bond acceptors (Lipinski definition) is 1. The highest BCUT2D eigenvalue weighted by Gasteiger charge is 2.26. The molecule has 0 aliphatic heterocycles. The fourth-order valence-electron chi connectivity index (χ4n) is 0.624. The summed E-state index contributed by atoms with van der Waals surface area (Å²) in [4.78, 5) is 10.5. The van der Waals surface area contributed by atoms with Gasteiger partial charge < -0.3 is 5.32 Å². The Morgan fingerprint density at radius 2 is 2.08 bits per heavy atom. The van der Waals surface area contributed by atoms with E-state index in [0.717, 1.165) is 0 Å². The number of halogens is 4. The molecule has 0 aliphatic rings. The van der Waals surface area contributed by atoms with Crippen LogP contribution in [0.3, 0.4) is 0 Å². The van der Waals surface area contributed by atoms with Crippen molar-refractivity contribution < 1.29 is 18.0 Å². The van der Waals surface area contributed by atoms with E-state index in [2.05, 4.69) is 21.2 Å². The molecule has 0 bridgehead atoms. The maximum Gasteiger partial charge on any atom is 0.390 e. The summed E-state index contributed by atoms with van der Waals surface area (Å²) in [5.41, 5.74) is 0. The minimum atomic E-state index is -4.21. The monoisotopic (exact) mass is 261 g/mol. The normalized spacial score (nSPS) is 13.9. The number of alkyl halides is 4. The van der Waals surface area contributed by atoms with E-state index in [4.69, 9.17) is 0 Å². The van der Waals surface area contributed by atoms with Crippen LogP contribution in [-0.4, -0.2) is 23.5 Å².